The van der Waals surface area contributed by atoms with Crippen LogP contribution in [0, 0.1) is 6.92 Å². The van der Waals surface area contributed by atoms with Crippen molar-refractivity contribution in [1.82, 2.24) is 5.32 Å². The fraction of sp³-hybridized carbons (Fsp3) is 0.300. The van der Waals surface area contributed by atoms with Crippen LogP contribution in [0.15, 0.2) is 24.3 Å². The summed E-state index contributed by atoms with van der Waals surface area (Å²) in [5.41, 5.74) is 1.21. The molecule has 1 rings (SSSR count). The standard InChI is InChI=1S/C10H13NOS/c1-3-11-10(13)12-9-6-4-8(2)5-7-9/h4-7H,3H2,1-2H3,(H,11,13). The second-order valence-electron chi connectivity index (χ2n) is 2.73. The molecule has 0 aromatic heterocycles. The Morgan fingerprint density at radius 1 is 1.38 bits per heavy atom. The lowest BCUT2D eigenvalue weighted by Gasteiger charge is -2.07. The molecule has 2 nitrogen and oxygen atoms in total. The largest absolute Gasteiger partial charge is 0.432 e. The molecule has 0 atom stereocenters. The Hall–Kier alpha value is -1.09. The van der Waals surface area contributed by atoms with Gasteiger partial charge in [0, 0.05) is 6.54 Å². The van der Waals surface area contributed by atoms with Crippen molar-refractivity contribution < 1.29 is 4.74 Å². The highest BCUT2D eigenvalue weighted by atomic mass is 32.1. The van der Waals surface area contributed by atoms with Crippen molar-refractivity contribution in [2.45, 2.75) is 13.8 Å². The van der Waals surface area contributed by atoms with Crippen LogP contribution in [-0.2, 0) is 0 Å². The molecule has 1 aromatic carbocycles. The fourth-order valence-electron chi connectivity index (χ4n) is 0.894. The summed E-state index contributed by atoms with van der Waals surface area (Å²) in [6.07, 6.45) is 0. The van der Waals surface area contributed by atoms with E-state index in [1.165, 1.54) is 5.56 Å². The Bertz CT molecular complexity index is 281. The van der Waals surface area contributed by atoms with E-state index in [1.54, 1.807) is 0 Å². The van der Waals surface area contributed by atoms with Crippen LogP contribution >= 0.6 is 12.2 Å². The summed E-state index contributed by atoms with van der Waals surface area (Å²) in [7, 11) is 0. The molecule has 0 saturated heterocycles. The molecule has 0 fully saturated rings. The van der Waals surface area contributed by atoms with Gasteiger partial charge in [-0.2, -0.15) is 0 Å². The Morgan fingerprint density at radius 3 is 2.54 bits per heavy atom. The highest BCUT2D eigenvalue weighted by Gasteiger charge is 1.96. The summed E-state index contributed by atoms with van der Waals surface area (Å²) >= 11 is 4.93. The van der Waals surface area contributed by atoms with E-state index in [1.807, 2.05) is 38.1 Å². The van der Waals surface area contributed by atoms with Crippen LogP contribution < -0.4 is 10.1 Å². The van der Waals surface area contributed by atoms with E-state index in [0.717, 1.165) is 12.3 Å². The van der Waals surface area contributed by atoms with Gasteiger partial charge in [-0.3, -0.25) is 0 Å². The molecule has 0 aliphatic rings. The molecule has 1 N–H and O–H groups in total. The molecule has 0 unspecified atom stereocenters. The van der Waals surface area contributed by atoms with Crippen molar-refractivity contribution in [1.29, 1.82) is 0 Å². The van der Waals surface area contributed by atoms with Crippen LogP contribution in [-0.4, -0.2) is 11.7 Å². The first-order valence-corrected chi connectivity index (χ1v) is 4.65. The smallest absolute Gasteiger partial charge is 0.262 e. The second kappa shape index (κ2) is 4.82. The number of ether oxygens (including phenoxy) is 1. The quantitative estimate of drug-likeness (QED) is 0.731. The summed E-state index contributed by atoms with van der Waals surface area (Å²) in [5, 5.41) is 3.34. The molecule has 70 valence electrons. The molecule has 0 aliphatic heterocycles. The average molecular weight is 195 g/mol. The topological polar surface area (TPSA) is 21.3 Å². The maximum atomic E-state index is 5.33. The van der Waals surface area contributed by atoms with Crippen molar-refractivity contribution in [2.75, 3.05) is 6.54 Å². The van der Waals surface area contributed by atoms with Gasteiger partial charge in [-0.1, -0.05) is 17.7 Å². The molecular weight excluding hydrogens is 182 g/mol. The molecule has 0 aliphatic carbocycles. The van der Waals surface area contributed by atoms with E-state index in [0.29, 0.717) is 5.17 Å². The van der Waals surface area contributed by atoms with E-state index in [2.05, 4.69) is 5.32 Å². The van der Waals surface area contributed by atoms with Gasteiger partial charge in [-0.05, 0) is 38.2 Å². The van der Waals surface area contributed by atoms with Gasteiger partial charge in [-0.25, -0.2) is 0 Å². The summed E-state index contributed by atoms with van der Waals surface area (Å²) < 4.78 is 5.33. The SMILES string of the molecule is CCNC(=S)Oc1ccc(C)cc1. The minimum Gasteiger partial charge on any atom is -0.432 e. The number of aryl methyl sites for hydroxylation is 1. The van der Waals surface area contributed by atoms with Crippen molar-refractivity contribution in [3.05, 3.63) is 29.8 Å². The zero-order valence-electron chi connectivity index (χ0n) is 7.83. The van der Waals surface area contributed by atoms with E-state index >= 15 is 0 Å². The first kappa shape index (κ1) is 9.99. The van der Waals surface area contributed by atoms with Crippen molar-refractivity contribution in [2.24, 2.45) is 0 Å². The van der Waals surface area contributed by atoms with Gasteiger partial charge in [-0.15, -0.1) is 0 Å². The third-order valence-corrected chi connectivity index (χ3v) is 1.78. The van der Waals surface area contributed by atoms with Crippen LogP contribution in [0.25, 0.3) is 0 Å². The first-order valence-electron chi connectivity index (χ1n) is 4.24. The van der Waals surface area contributed by atoms with E-state index in [4.69, 9.17) is 17.0 Å². The summed E-state index contributed by atoms with van der Waals surface area (Å²) in [6, 6.07) is 7.78. The number of hydrogen-bond donors (Lipinski definition) is 1. The first-order chi connectivity index (χ1) is 6.22. The molecule has 0 radical (unpaired) electrons. The van der Waals surface area contributed by atoms with Crippen molar-refractivity contribution in [3.63, 3.8) is 0 Å². The number of hydrogen-bond acceptors (Lipinski definition) is 2. The second-order valence-corrected chi connectivity index (χ2v) is 3.10. The Morgan fingerprint density at radius 2 is 2.00 bits per heavy atom. The van der Waals surface area contributed by atoms with Gasteiger partial charge in [0.1, 0.15) is 5.75 Å². The van der Waals surface area contributed by atoms with Crippen molar-refractivity contribution >= 4 is 17.4 Å². The van der Waals surface area contributed by atoms with Crippen LogP contribution in [0.2, 0.25) is 0 Å². The zero-order chi connectivity index (χ0) is 9.68. The van der Waals surface area contributed by atoms with Gasteiger partial charge < -0.3 is 10.1 Å². The summed E-state index contributed by atoms with van der Waals surface area (Å²) in [5.74, 6) is 0.775. The molecular formula is C10H13NOS. The van der Waals surface area contributed by atoms with E-state index in [-0.39, 0.29) is 0 Å². The molecule has 3 heteroatoms. The van der Waals surface area contributed by atoms with Crippen LogP contribution in [0.5, 0.6) is 5.75 Å². The number of thiocarbonyl (C=S) groups is 1. The maximum absolute atomic E-state index is 5.33. The lowest BCUT2D eigenvalue weighted by Crippen LogP contribution is -2.25. The van der Waals surface area contributed by atoms with Gasteiger partial charge in [0.15, 0.2) is 0 Å². The third-order valence-electron chi connectivity index (χ3n) is 1.55. The molecule has 0 heterocycles. The molecule has 0 bridgehead atoms. The zero-order valence-corrected chi connectivity index (χ0v) is 8.65. The van der Waals surface area contributed by atoms with Crippen LogP contribution in [0.3, 0.4) is 0 Å². The average Bonchev–Trinajstić information content (AvgIpc) is 2.09. The van der Waals surface area contributed by atoms with E-state index in [9.17, 15) is 0 Å². The molecule has 0 amide bonds. The molecule has 0 saturated carbocycles. The molecule has 13 heavy (non-hydrogen) atoms. The van der Waals surface area contributed by atoms with Gasteiger partial charge in [0.05, 0.1) is 0 Å². The minimum atomic E-state index is 0.423. The highest BCUT2D eigenvalue weighted by molar-refractivity contribution is 7.80. The number of benzene rings is 1. The summed E-state index contributed by atoms with van der Waals surface area (Å²) in [6.45, 7) is 4.79. The van der Waals surface area contributed by atoms with Crippen molar-refractivity contribution in [3.8, 4) is 5.75 Å². The normalized spacial score (nSPS) is 9.38. The van der Waals surface area contributed by atoms with E-state index < -0.39 is 0 Å². The van der Waals surface area contributed by atoms with Gasteiger partial charge >= 0.3 is 0 Å². The van der Waals surface area contributed by atoms with Gasteiger partial charge in [0.2, 0.25) is 0 Å². The summed E-state index contributed by atoms with van der Waals surface area (Å²) in [4.78, 5) is 0. The fourth-order valence-corrected chi connectivity index (χ4v) is 1.13. The highest BCUT2D eigenvalue weighted by Crippen LogP contribution is 2.11. The monoisotopic (exact) mass is 195 g/mol. The Labute approximate surface area is 83.9 Å². The van der Waals surface area contributed by atoms with Crippen LogP contribution in [0.1, 0.15) is 12.5 Å². The third kappa shape index (κ3) is 3.42. The van der Waals surface area contributed by atoms with Gasteiger partial charge in [0.25, 0.3) is 5.17 Å². The number of rotatable bonds is 2. The molecule has 1 aromatic rings. The predicted molar refractivity (Wildman–Crippen MR) is 58.1 cm³/mol. The Balaban J connectivity index is 2.54. The lowest BCUT2D eigenvalue weighted by atomic mass is 10.2. The van der Waals surface area contributed by atoms with Crippen LogP contribution in [0.4, 0.5) is 0 Å². The predicted octanol–water partition coefficient (Wildman–Crippen LogP) is 2.27. The maximum Gasteiger partial charge on any atom is 0.262 e. The Kier molecular flexibility index (Phi) is 3.71. The number of nitrogens with one attached hydrogen (secondary N) is 1. The lowest BCUT2D eigenvalue weighted by molar-refractivity contribution is 0.535. The molecule has 0 spiro atoms. The minimum absolute atomic E-state index is 0.423.